The molecule has 7 heteroatoms. The second-order valence-electron chi connectivity index (χ2n) is 6.45. The number of aryl methyl sites for hydroxylation is 2. The number of Topliss-reactive ketones (excluding diaryl/α,β-unsaturated/α-hetero) is 1. The van der Waals surface area contributed by atoms with Gasteiger partial charge < -0.3 is 10.6 Å². The fourth-order valence-electron chi connectivity index (χ4n) is 2.87. The number of nitriles is 2. The van der Waals surface area contributed by atoms with Crippen LogP contribution in [0.1, 0.15) is 33.5 Å². The minimum absolute atomic E-state index is 0.137. The van der Waals surface area contributed by atoms with E-state index in [-0.39, 0.29) is 12.2 Å². The van der Waals surface area contributed by atoms with Crippen LogP contribution in [-0.4, -0.2) is 15.8 Å². The highest BCUT2D eigenvalue weighted by Crippen LogP contribution is 2.26. The minimum atomic E-state index is -0.193. The van der Waals surface area contributed by atoms with E-state index >= 15 is 0 Å². The number of hydrogen-bond donors (Lipinski definition) is 2. The average molecular weight is 382 g/mol. The molecule has 7 nitrogen and oxygen atoms in total. The molecule has 2 N–H and O–H groups in total. The smallest absolute Gasteiger partial charge is 0.229 e. The number of carbonyl (C=O) groups excluding carboxylic acids is 1. The number of rotatable bonds is 6. The lowest BCUT2D eigenvalue weighted by Crippen LogP contribution is -2.04. The number of hydrogen-bond acceptors (Lipinski definition) is 7. The molecule has 0 saturated heterocycles. The van der Waals surface area contributed by atoms with Crippen molar-refractivity contribution in [3.05, 3.63) is 70.9 Å². The lowest BCUT2D eigenvalue weighted by molar-refractivity contribution is 0.0997. The lowest BCUT2D eigenvalue weighted by Gasteiger charge is -2.14. The maximum atomic E-state index is 12.0. The van der Waals surface area contributed by atoms with Crippen molar-refractivity contribution in [1.82, 2.24) is 9.97 Å². The van der Waals surface area contributed by atoms with E-state index < -0.39 is 0 Å². The highest BCUT2D eigenvalue weighted by Gasteiger charge is 2.11. The van der Waals surface area contributed by atoms with E-state index in [9.17, 15) is 4.79 Å². The van der Waals surface area contributed by atoms with Gasteiger partial charge in [0.1, 0.15) is 5.82 Å². The van der Waals surface area contributed by atoms with Crippen LogP contribution >= 0.6 is 0 Å². The summed E-state index contributed by atoms with van der Waals surface area (Å²) in [7, 11) is 0. The predicted molar refractivity (Wildman–Crippen MR) is 110 cm³/mol. The third-order valence-corrected chi connectivity index (χ3v) is 4.27. The molecular formula is C22H18N6O. The molecule has 0 saturated carbocycles. The van der Waals surface area contributed by atoms with Crippen molar-refractivity contribution in [3.63, 3.8) is 0 Å². The molecule has 1 aromatic heterocycles. The minimum Gasteiger partial charge on any atom is -0.340 e. The summed E-state index contributed by atoms with van der Waals surface area (Å²) in [5, 5.41) is 24.0. The number of ketones is 1. The van der Waals surface area contributed by atoms with Gasteiger partial charge in [-0.15, -0.1) is 0 Å². The van der Waals surface area contributed by atoms with Crippen molar-refractivity contribution in [1.29, 1.82) is 10.5 Å². The molecule has 0 spiro atoms. The van der Waals surface area contributed by atoms with Crippen LogP contribution in [0.3, 0.4) is 0 Å². The molecule has 29 heavy (non-hydrogen) atoms. The first kappa shape index (κ1) is 19.5. The third-order valence-electron chi connectivity index (χ3n) is 4.27. The fraction of sp³-hybridized carbons (Fsp3) is 0.136. The van der Waals surface area contributed by atoms with Crippen molar-refractivity contribution in [2.45, 2.75) is 20.3 Å². The van der Waals surface area contributed by atoms with Crippen LogP contribution < -0.4 is 10.6 Å². The molecule has 0 bridgehead atoms. The van der Waals surface area contributed by atoms with E-state index in [1.807, 2.05) is 19.9 Å². The number of anilines is 4. The van der Waals surface area contributed by atoms with E-state index in [1.165, 1.54) is 0 Å². The topological polar surface area (TPSA) is 114 Å². The van der Waals surface area contributed by atoms with Crippen LogP contribution in [0.15, 0.2) is 48.7 Å². The van der Waals surface area contributed by atoms with Crippen molar-refractivity contribution in [3.8, 4) is 12.1 Å². The summed E-state index contributed by atoms with van der Waals surface area (Å²) < 4.78 is 0. The molecule has 0 radical (unpaired) electrons. The highest BCUT2D eigenvalue weighted by molar-refractivity contribution is 5.98. The number of nitrogens with one attached hydrogen (secondary N) is 2. The van der Waals surface area contributed by atoms with Crippen LogP contribution in [0.25, 0.3) is 0 Å². The highest BCUT2D eigenvalue weighted by atomic mass is 16.1. The van der Waals surface area contributed by atoms with Gasteiger partial charge in [0, 0.05) is 23.1 Å². The summed E-state index contributed by atoms with van der Waals surface area (Å²) in [6.07, 6.45) is 1.50. The monoisotopic (exact) mass is 382 g/mol. The van der Waals surface area contributed by atoms with E-state index in [2.05, 4.69) is 26.7 Å². The number of carbonyl (C=O) groups is 1. The zero-order valence-electron chi connectivity index (χ0n) is 16.0. The summed E-state index contributed by atoms with van der Waals surface area (Å²) in [6.45, 7) is 3.80. The van der Waals surface area contributed by atoms with Gasteiger partial charge in [-0.1, -0.05) is 0 Å². The molecule has 1 heterocycles. The first-order valence-electron chi connectivity index (χ1n) is 8.89. The van der Waals surface area contributed by atoms with Gasteiger partial charge in [0.15, 0.2) is 5.78 Å². The number of nitrogens with zero attached hydrogens (tertiary/aromatic N) is 4. The van der Waals surface area contributed by atoms with Crippen molar-refractivity contribution in [2.24, 2.45) is 0 Å². The zero-order valence-corrected chi connectivity index (χ0v) is 16.0. The van der Waals surface area contributed by atoms with Crippen molar-refractivity contribution < 1.29 is 4.79 Å². The van der Waals surface area contributed by atoms with Crippen LogP contribution in [0, 0.1) is 36.5 Å². The Morgan fingerprint density at radius 3 is 2.34 bits per heavy atom. The summed E-state index contributed by atoms with van der Waals surface area (Å²) in [4.78, 5) is 20.7. The SMILES string of the molecule is Cc1cc(C(=O)CC#N)cc(C)c1Nc1ccnc(Nc2ccc(C#N)cc2)n1. The molecule has 0 amide bonds. The summed E-state index contributed by atoms with van der Waals surface area (Å²) in [6, 6.07) is 16.3. The van der Waals surface area contributed by atoms with Gasteiger partial charge in [-0.3, -0.25) is 4.79 Å². The van der Waals surface area contributed by atoms with Crippen molar-refractivity contribution in [2.75, 3.05) is 10.6 Å². The van der Waals surface area contributed by atoms with E-state index in [0.717, 1.165) is 22.5 Å². The van der Waals surface area contributed by atoms with E-state index in [4.69, 9.17) is 10.5 Å². The second kappa shape index (κ2) is 8.64. The third kappa shape index (κ3) is 4.74. The van der Waals surface area contributed by atoms with Crippen LogP contribution in [0.4, 0.5) is 23.1 Å². The van der Waals surface area contributed by atoms with Gasteiger partial charge in [0.2, 0.25) is 5.95 Å². The molecule has 0 aliphatic rings. The standard InChI is InChI=1S/C22H18N6O/c1-14-11-17(19(29)7-9-23)12-15(2)21(14)27-20-8-10-25-22(28-20)26-18-5-3-16(13-24)4-6-18/h3-6,8,10-12H,7H2,1-2H3,(H2,25,26,27,28). The fourth-order valence-corrected chi connectivity index (χ4v) is 2.87. The molecule has 2 aromatic carbocycles. The van der Waals surface area contributed by atoms with Gasteiger partial charge in [0.25, 0.3) is 0 Å². The Kier molecular flexibility index (Phi) is 5.82. The van der Waals surface area contributed by atoms with Gasteiger partial charge in [0.05, 0.1) is 24.1 Å². The number of aromatic nitrogens is 2. The molecule has 0 atom stereocenters. The Labute approximate surface area is 168 Å². The zero-order chi connectivity index (χ0) is 20.8. The summed E-state index contributed by atoms with van der Waals surface area (Å²) >= 11 is 0. The van der Waals surface area contributed by atoms with Gasteiger partial charge in [-0.05, 0) is 67.4 Å². The molecular weight excluding hydrogens is 364 g/mol. The first-order chi connectivity index (χ1) is 14.0. The largest absolute Gasteiger partial charge is 0.340 e. The Morgan fingerprint density at radius 2 is 1.72 bits per heavy atom. The molecule has 0 unspecified atom stereocenters. The molecule has 142 valence electrons. The van der Waals surface area contributed by atoms with Gasteiger partial charge >= 0.3 is 0 Å². The predicted octanol–water partition coefficient (Wildman–Crippen LogP) is 4.55. The van der Waals surface area contributed by atoms with Crippen LogP contribution in [-0.2, 0) is 0 Å². The summed E-state index contributed by atoms with van der Waals surface area (Å²) in [5.74, 6) is 0.815. The Bertz CT molecular complexity index is 1120. The second-order valence-corrected chi connectivity index (χ2v) is 6.45. The molecule has 3 aromatic rings. The van der Waals surface area contributed by atoms with Crippen molar-refractivity contribution >= 4 is 28.9 Å². The summed E-state index contributed by atoms with van der Waals surface area (Å²) in [5.41, 5.74) is 4.49. The average Bonchev–Trinajstić information content (AvgIpc) is 2.71. The first-order valence-corrected chi connectivity index (χ1v) is 8.89. The van der Waals surface area contributed by atoms with E-state index in [0.29, 0.717) is 22.9 Å². The maximum absolute atomic E-state index is 12.0. The van der Waals surface area contributed by atoms with Gasteiger partial charge in [-0.2, -0.15) is 15.5 Å². The molecule has 0 fully saturated rings. The maximum Gasteiger partial charge on any atom is 0.229 e. The Hall–Kier alpha value is -4.23. The molecule has 0 aliphatic heterocycles. The van der Waals surface area contributed by atoms with Crippen LogP contribution in [0.5, 0.6) is 0 Å². The molecule has 3 rings (SSSR count). The Balaban J connectivity index is 1.80. The quantitative estimate of drug-likeness (QED) is 0.601. The lowest BCUT2D eigenvalue weighted by atomic mass is 10.0. The normalized spacial score (nSPS) is 9.93. The van der Waals surface area contributed by atoms with Gasteiger partial charge in [-0.25, -0.2) is 4.98 Å². The van der Waals surface area contributed by atoms with Crippen LogP contribution in [0.2, 0.25) is 0 Å². The van der Waals surface area contributed by atoms with E-state index in [1.54, 1.807) is 48.7 Å². The Morgan fingerprint density at radius 1 is 1.03 bits per heavy atom. The molecule has 0 aliphatic carbocycles. The number of benzene rings is 2.